The van der Waals surface area contributed by atoms with Crippen LogP contribution in [0.5, 0.6) is 11.5 Å². The van der Waals surface area contributed by atoms with Crippen LogP contribution in [0.4, 0.5) is 0 Å². The Balaban J connectivity index is 2.92. The minimum atomic E-state index is -1.09. The summed E-state index contributed by atoms with van der Waals surface area (Å²) in [7, 11) is 3.02. The van der Waals surface area contributed by atoms with Crippen LogP contribution in [0.25, 0.3) is 6.08 Å². The molecule has 0 amide bonds. The molecule has 0 aromatic heterocycles. The number of carboxylic acids is 1. The third kappa shape index (κ3) is 5.50. The van der Waals surface area contributed by atoms with Crippen LogP contribution in [0, 0.1) is 0 Å². The van der Waals surface area contributed by atoms with Crippen molar-refractivity contribution in [3.8, 4) is 11.5 Å². The van der Waals surface area contributed by atoms with Crippen LogP contribution in [0.1, 0.15) is 18.9 Å². The highest BCUT2D eigenvalue weighted by Crippen LogP contribution is 2.27. The van der Waals surface area contributed by atoms with Crippen molar-refractivity contribution in [2.75, 3.05) is 20.8 Å². The fourth-order valence-corrected chi connectivity index (χ4v) is 1.74. The van der Waals surface area contributed by atoms with Gasteiger partial charge in [-0.3, -0.25) is 0 Å². The maximum atomic E-state index is 11.3. The summed E-state index contributed by atoms with van der Waals surface area (Å²) in [6, 6.07) is 5.06. The van der Waals surface area contributed by atoms with E-state index in [1.165, 1.54) is 27.2 Å². The van der Waals surface area contributed by atoms with Crippen molar-refractivity contribution in [1.29, 1.82) is 0 Å². The van der Waals surface area contributed by atoms with E-state index in [2.05, 4.69) is 6.58 Å². The second-order valence-corrected chi connectivity index (χ2v) is 4.75. The Labute approximate surface area is 135 Å². The number of benzene rings is 1. The average molecular weight is 320 g/mol. The summed E-state index contributed by atoms with van der Waals surface area (Å²) < 4.78 is 15.2. The number of esters is 1. The van der Waals surface area contributed by atoms with Gasteiger partial charge in [-0.15, -0.1) is 0 Å². The van der Waals surface area contributed by atoms with Gasteiger partial charge in [-0.05, 0) is 25.1 Å². The molecule has 0 aliphatic heterocycles. The van der Waals surface area contributed by atoms with Crippen molar-refractivity contribution in [2.45, 2.75) is 13.3 Å². The van der Waals surface area contributed by atoms with Crippen LogP contribution >= 0.6 is 0 Å². The Hall–Kier alpha value is -2.76. The first-order chi connectivity index (χ1) is 10.9. The molecule has 6 heteroatoms. The standard InChI is InChI=1S/C17H20O6/c1-11(2)17(20)23-8-7-13(16(18)19)9-12-5-6-14(21-3)10-15(12)22-4/h5-6,9-10H,1,7-8H2,2-4H3,(H,18,19). The number of ether oxygens (including phenoxy) is 3. The first kappa shape index (κ1) is 18.3. The quantitative estimate of drug-likeness (QED) is 0.586. The van der Waals surface area contributed by atoms with Crippen molar-refractivity contribution in [1.82, 2.24) is 0 Å². The fourth-order valence-electron chi connectivity index (χ4n) is 1.74. The third-order valence-electron chi connectivity index (χ3n) is 3.00. The van der Waals surface area contributed by atoms with E-state index in [0.29, 0.717) is 17.1 Å². The lowest BCUT2D eigenvalue weighted by Gasteiger charge is -2.09. The average Bonchev–Trinajstić information content (AvgIpc) is 2.53. The van der Waals surface area contributed by atoms with E-state index in [9.17, 15) is 14.7 Å². The maximum absolute atomic E-state index is 11.3. The van der Waals surface area contributed by atoms with Crippen molar-refractivity contribution in [3.63, 3.8) is 0 Å². The van der Waals surface area contributed by atoms with Crippen molar-refractivity contribution in [3.05, 3.63) is 41.5 Å². The highest BCUT2D eigenvalue weighted by atomic mass is 16.5. The topological polar surface area (TPSA) is 82.1 Å². The molecule has 1 aromatic carbocycles. The Morgan fingerprint density at radius 2 is 1.96 bits per heavy atom. The molecule has 0 fully saturated rings. The predicted octanol–water partition coefficient (Wildman–Crippen LogP) is 2.68. The number of carbonyl (C=O) groups excluding carboxylic acids is 1. The van der Waals surface area contributed by atoms with E-state index in [1.54, 1.807) is 18.2 Å². The van der Waals surface area contributed by atoms with E-state index in [-0.39, 0.29) is 24.2 Å². The summed E-state index contributed by atoms with van der Waals surface area (Å²) in [5.74, 6) is -0.542. The minimum Gasteiger partial charge on any atom is -0.497 e. The number of carbonyl (C=O) groups is 2. The molecule has 0 unspecified atom stereocenters. The summed E-state index contributed by atoms with van der Waals surface area (Å²) in [6.07, 6.45) is 1.55. The molecule has 1 N–H and O–H groups in total. The SMILES string of the molecule is C=C(C)C(=O)OCCC(=Cc1ccc(OC)cc1OC)C(=O)O. The van der Waals surface area contributed by atoms with Gasteiger partial charge in [0.25, 0.3) is 0 Å². The van der Waals surface area contributed by atoms with Crippen molar-refractivity contribution >= 4 is 18.0 Å². The molecule has 0 aliphatic carbocycles. The molecular formula is C17H20O6. The van der Waals surface area contributed by atoms with E-state index < -0.39 is 11.9 Å². The van der Waals surface area contributed by atoms with Gasteiger partial charge in [0.05, 0.1) is 20.8 Å². The van der Waals surface area contributed by atoms with Gasteiger partial charge >= 0.3 is 11.9 Å². The normalized spacial score (nSPS) is 10.8. The second kappa shape index (κ2) is 8.63. The molecule has 0 saturated heterocycles. The van der Waals surface area contributed by atoms with E-state index in [1.807, 2.05) is 0 Å². The molecule has 1 rings (SSSR count). The number of hydrogen-bond acceptors (Lipinski definition) is 5. The van der Waals surface area contributed by atoms with Crippen molar-refractivity contribution in [2.24, 2.45) is 0 Å². The van der Waals surface area contributed by atoms with E-state index in [4.69, 9.17) is 14.2 Å². The highest BCUT2D eigenvalue weighted by Gasteiger charge is 2.12. The molecular weight excluding hydrogens is 300 g/mol. The Bertz CT molecular complexity index is 630. The zero-order valence-corrected chi connectivity index (χ0v) is 13.4. The van der Waals surface area contributed by atoms with Crippen LogP contribution < -0.4 is 9.47 Å². The number of aliphatic carboxylic acids is 1. The van der Waals surface area contributed by atoms with Gasteiger partial charge in [0.2, 0.25) is 0 Å². The van der Waals surface area contributed by atoms with Crippen molar-refractivity contribution < 1.29 is 28.9 Å². The summed E-state index contributed by atoms with van der Waals surface area (Å²) in [5, 5.41) is 9.28. The number of methoxy groups -OCH3 is 2. The van der Waals surface area contributed by atoms with Gasteiger partial charge in [0, 0.05) is 29.2 Å². The molecule has 1 aromatic rings. The van der Waals surface area contributed by atoms with Gasteiger partial charge < -0.3 is 19.3 Å². The first-order valence-electron chi connectivity index (χ1n) is 6.87. The second-order valence-electron chi connectivity index (χ2n) is 4.75. The zero-order chi connectivity index (χ0) is 17.4. The number of hydrogen-bond donors (Lipinski definition) is 1. The lowest BCUT2D eigenvalue weighted by Crippen LogP contribution is -2.10. The van der Waals surface area contributed by atoms with Gasteiger partial charge in [0.1, 0.15) is 11.5 Å². The molecule has 0 heterocycles. The predicted molar refractivity (Wildman–Crippen MR) is 85.5 cm³/mol. The summed E-state index contributed by atoms with van der Waals surface area (Å²) in [6.45, 7) is 4.95. The summed E-state index contributed by atoms with van der Waals surface area (Å²) in [5.41, 5.74) is 0.961. The lowest BCUT2D eigenvalue weighted by atomic mass is 10.1. The first-order valence-corrected chi connectivity index (χ1v) is 6.87. The Morgan fingerprint density at radius 3 is 2.48 bits per heavy atom. The Kier molecular flexibility index (Phi) is 6.86. The monoisotopic (exact) mass is 320 g/mol. The van der Waals surface area contributed by atoms with E-state index in [0.717, 1.165) is 0 Å². The Morgan fingerprint density at radius 1 is 1.26 bits per heavy atom. The van der Waals surface area contributed by atoms with Crippen LogP contribution in [-0.2, 0) is 14.3 Å². The molecule has 0 spiro atoms. The zero-order valence-electron chi connectivity index (χ0n) is 13.4. The largest absolute Gasteiger partial charge is 0.497 e. The number of rotatable bonds is 8. The highest BCUT2D eigenvalue weighted by molar-refractivity contribution is 5.93. The minimum absolute atomic E-state index is 0.0394. The maximum Gasteiger partial charge on any atom is 0.333 e. The molecule has 0 atom stereocenters. The lowest BCUT2D eigenvalue weighted by molar-refractivity contribution is -0.139. The van der Waals surface area contributed by atoms with E-state index >= 15 is 0 Å². The van der Waals surface area contributed by atoms with Gasteiger partial charge in [-0.25, -0.2) is 9.59 Å². The molecule has 23 heavy (non-hydrogen) atoms. The van der Waals surface area contributed by atoms with Crippen LogP contribution in [-0.4, -0.2) is 37.9 Å². The fraction of sp³-hybridized carbons (Fsp3) is 0.294. The molecule has 0 saturated carbocycles. The summed E-state index contributed by atoms with van der Waals surface area (Å²) in [4.78, 5) is 22.6. The molecule has 0 bridgehead atoms. The van der Waals surface area contributed by atoms with Gasteiger partial charge in [0.15, 0.2) is 0 Å². The van der Waals surface area contributed by atoms with Crippen LogP contribution in [0.15, 0.2) is 35.9 Å². The van der Waals surface area contributed by atoms with Crippen LogP contribution in [0.2, 0.25) is 0 Å². The molecule has 0 aliphatic rings. The van der Waals surface area contributed by atoms with Gasteiger partial charge in [-0.2, -0.15) is 0 Å². The molecule has 6 nitrogen and oxygen atoms in total. The van der Waals surface area contributed by atoms with Crippen LogP contribution in [0.3, 0.4) is 0 Å². The smallest absolute Gasteiger partial charge is 0.333 e. The van der Waals surface area contributed by atoms with Gasteiger partial charge in [-0.1, -0.05) is 6.58 Å². The molecule has 124 valence electrons. The molecule has 0 radical (unpaired) electrons. The third-order valence-corrected chi connectivity index (χ3v) is 3.00. The summed E-state index contributed by atoms with van der Waals surface area (Å²) >= 11 is 0. The number of carboxylic acid groups (broad SMARTS) is 1.